The van der Waals surface area contributed by atoms with Crippen LogP contribution in [-0.2, 0) is 0 Å². The predicted molar refractivity (Wildman–Crippen MR) is 86.0 cm³/mol. The molecule has 0 aromatic heterocycles. The third-order valence-corrected chi connectivity index (χ3v) is 5.01. The minimum Gasteiger partial charge on any atom is -0.370 e. The fourth-order valence-corrected chi connectivity index (χ4v) is 3.15. The number of halogens is 2. The molecule has 1 aliphatic heterocycles. The van der Waals surface area contributed by atoms with Gasteiger partial charge in [0.1, 0.15) is 0 Å². The Morgan fingerprint density at radius 3 is 2.74 bits per heavy atom. The van der Waals surface area contributed by atoms with Crippen molar-refractivity contribution in [3.8, 4) is 0 Å². The summed E-state index contributed by atoms with van der Waals surface area (Å²) in [6.07, 6.45) is 2.27. The first-order chi connectivity index (χ1) is 9.08. The summed E-state index contributed by atoms with van der Waals surface area (Å²) in [6.45, 7) is 5.22. The van der Waals surface area contributed by atoms with Crippen molar-refractivity contribution in [1.29, 1.82) is 0 Å². The van der Waals surface area contributed by atoms with Crippen molar-refractivity contribution < 1.29 is 0 Å². The van der Waals surface area contributed by atoms with E-state index in [1.54, 1.807) is 0 Å². The molecule has 0 saturated heterocycles. The van der Waals surface area contributed by atoms with Gasteiger partial charge in [-0.15, -0.1) is 0 Å². The zero-order valence-corrected chi connectivity index (χ0v) is 13.6. The molecule has 19 heavy (non-hydrogen) atoms. The number of nitrogens with two attached hydrogens (primary N) is 1. The third-order valence-electron chi connectivity index (χ3n) is 3.79. The van der Waals surface area contributed by atoms with Crippen LogP contribution in [0.5, 0.6) is 0 Å². The van der Waals surface area contributed by atoms with Crippen molar-refractivity contribution in [2.45, 2.75) is 32.7 Å². The fraction of sp³-hybridized carbons (Fsp3) is 0.500. The predicted octanol–water partition coefficient (Wildman–Crippen LogP) is 4.04. The van der Waals surface area contributed by atoms with Crippen LogP contribution in [0.4, 0.5) is 5.69 Å². The van der Waals surface area contributed by atoms with Gasteiger partial charge in [-0.2, -0.15) is 0 Å². The van der Waals surface area contributed by atoms with E-state index in [9.17, 15) is 0 Å². The van der Waals surface area contributed by atoms with E-state index in [1.807, 2.05) is 18.2 Å². The Hall–Kier alpha value is -0.740. The summed E-state index contributed by atoms with van der Waals surface area (Å²) in [5.74, 6) is 1.20. The highest BCUT2D eigenvalue weighted by Gasteiger charge is 2.32. The SMILES string of the molecule is CCC(CC)C1CN=C(N)N1c1ccc(Cl)c(Br)c1. The van der Waals surface area contributed by atoms with Gasteiger partial charge in [0.15, 0.2) is 5.96 Å². The minimum atomic E-state index is 0.350. The van der Waals surface area contributed by atoms with Gasteiger partial charge in [-0.25, -0.2) is 0 Å². The van der Waals surface area contributed by atoms with Gasteiger partial charge in [0.25, 0.3) is 0 Å². The minimum absolute atomic E-state index is 0.350. The number of aliphatic imine (C=N–C) groups is 1. The monoisotopic (exact) mass is 343 g/mol. The Bertz CT molecular complexity index is 486. The van der Waals surface area contributed by atoms with Crippen molar-refractivity contribution in [3.05, 3.63) is 27.7 Å². The van der Waals surface area contributed by atoms with Crippen LogP contribution in [0.15, 0.2) is 27.7 Å². The molecule has 1 aromatic rings. The number of nitrogens with zero attached hydrogens (tertiary/aromatic N) is 2. The lowest BCUT2D eigenvalue weighted by atomic mass is 9.93. The average Bonchev–Trinajstić information content (AvgIpc) is 2.77. The summed E-state index contributed by atoms with van der Waals surface area (Å²) in [5, 5.41) is 0.706. The molecule has 0 spiro atoms. The number of hydrogen-bond acceptors (Lipinski definition) is 3. The maximum atomic E-state index is 6.06. The van der Waals surface area contributed by atoms with Gasteiger partial charge in [-0.1, -0.05) is 38.3 Å². The largest absolute Gasteiger partial charge is 0.370 e. The van der Waals surface area contributed by atoms with E-state index in [1.165, 1.54) is 0 Å². The molecule has 0 amide bonds. The molecular weight excluding hydrogens is 326 g/mol. The van der Waals surface area contributed by atoms with Gasteiger partial charge in [-0.3, -0.25) is 4.99 Å². The molecule has 2 rings (SSSR count). The molecule has 1 heterocycles. The van der Waals surface area contributed by atoms with Gasteiger partial charge >= 0.3 is 0 Å². The lowest BCUT2D eigenvalue weighted by Crippen LogP contribution is -2.44. The lowest BCUT2D eigenvalue weighted by molar-refractivity contribution is 0.412. The third kappa shape index (κ3) is 2.90. The number of hydrogen-bond donors (Lipinski definition) is 1. The molecule has 3 nitrogen and oxygen atoms in total. The van der Waals surface area contributed by atoms with Crippen LogP contribution < -0.4 is 10.6 Å². The van der Waals surface area contributed by atoms with Crippen molar-refractivity contribution in [3.63, 3.8) is 0 Å². The maximum absolute atomic E-state index is 6.06. The van der Waals surface area contributed by atoms with Crippen LogP contribution in [0.25, 0.3) is 0 Å². The van der Waals surface area contributed by atoms with Gasteiger partial charge in [0.2, 0.25) is 0 Å². The summed E-state index contributed by atoms with van der Waals surface area (Å²) in [4.78, 5) is 6.55. The maximum Gasteiger partial charge on any atom is 0.196 e. The molecule has 0 radical (unpaired) electrons. The molecule has 0 bridgehead atoms. The lowest BCUT2D eigenvalue weighted by Gasteiger charge is -2.31. The highest BCUT2D eigenvalue weighted by molar-refractivity contribution is 9.10. The van der Waals surface area contributed by atoms with Crippen LogP contribution in [0, 0.1) is 5.92 Å². The fourth-order valence-electron chi connectivity index (χ4n) is 2.67. The smallest absolute Gasteiger partial charge is 0.196 e. The second kappa shape index (κ2) is 6.14. The molecule has 1 atom stereocenters. The molecule has 0 fully saturated rings. The zero-order chi connectivity index (χ0) is 14.0. The number of rotatable bonds is 4. The van der Waals surface area contributed by atoms with Crippen LogP contribution in [-0.4, -0.2) is 18.5 Å². The summed E-state index contributed by atoms with van der Waals surface area (Å²) in [5.41, 5.74) is 7.11. The standard InChI is InChI=1S/C14H19BrClN3/c1-3-9(4-2)13-8-18-14(17)19(13)10-5-6-12(16)11(15)7-10/h5-7,9,13H,3-4,8H2,1-2H3,(H2,17,18). The highest BCUT2D eigenvalue weighted by atomic mass is 79.9. The van der Waals surface area contributed by atoms with Gasteiger partial charge in [0, 0.05) is 10.2 Å². The van der Waals surface area contributed by atoms with Crippen molar-refractivity contribution in [2.24, 2.45) is 16.6 Å². The Labute approximate surface area is 128 Å². The van der Waals surface area contributed by atoms with Gasteiger partial charge in [0.05, 0.1) is 17.6 Å². The van der Waals surface area contributed by atoms with Crippen LogP contribution in [0.1, 0.15) is 26.7 Å². The molecule has 104 valence electrons. The molecule has 1 aromatic carbocycles. The Morgan fingerprint density at radius 1 is 1.47 bits per heavy atom. The van der Waals surface area contributed by atoms with E-state index in [4.69, 9.17) is 17.3 Å². The molecule has 1 unspecified atom stereocenters. The van der Waals surface area contributed by atoms with E-state index in [0.29, 0.717) is 22.9 Å². The number of guanidine groups is 1. The molecule has 0 saturated carbocycles. The molecule has 1 aliphatic rings. The first-order valence-corrected chi connectivity index (χ1v) is 7.79. The summed E-state index contributed by atoms with van der Waals surface area (Å²) < 4.78 is 0.884. The Morgan fingerprint density at radius 2 is 2.16 bits per heavy atom. The Balaban J connectivity index is 2.33. The zero-order valence-electron chi connectivity index (χ0n) is 11.2. The average molecular weight is 345 g/mol. The topological polar surface area (TPSA) is 41.6 Å². The van der Waals surface area contributed by atoms with Crippen molar-refractivity contribution in [1.82, 2.24) is 0 Å². The summed E-state index contributed by atoms with van der Waals surface area (Å²) >= 11 is 9.52. The molecular formula is C14H19BrClN3. The number of benzene rings is 1. The van der Waals surface area contributed by atoms with Crippen LogP contribution in [0.3, 0.4) is 0 Å². The molecule has 5 heteroatoms. The second-order valence-corrected chi connectivity index (χ2v) is 6.07. The quantitative estimate of drug-likeness (QED) is 0.895. The van der Waals surface area contributed by atoms with Crippen molar-refractivity contribution in [2.75, 3.05) is 11.4 Å². The van der Waals surface area contributed by atoms with E-state index >= 15 is 0 Å². The first-order valence-electron chi connectivity index (χ1n) is 6.62. The van der Waals surface area contributed by atoms with Crippen LogP contribution in [0.2, 0.25) is 5.02 Å². The molecule has 0 aliphatic carbocycles. The summed E-state index contributed by atoms with van der Waals surface area (Å²) in [7, 11) is 0. The van der Waals surface area contributed by atoms with E-state index in [2.05, 4.69) is 39.7 Å². The highest BCUT2D eigenvalue weighted by Crippen LogP contribution is 2.32. The van der Waals surface area contributed by atoms with Gasteiger partial charge < -0.3 is 10.6 Å². The number of anilines is 1. The normalized spacial score (nSPS) is 19.1. The van der Waals surface area contributed by atoms with Gasteiger partial charge in [-0.05, 0) is 40.0 Å². The van der Waals surface area contributed by atoms with E-state index in [0.717, 1.165) is 29.5 Å². The van der Waals surface area contributed by atoms with E-state index in [-0.39, 0.29) is 0 Å². The molecule has 2 N–H and O–H groups in total. The second-order valence-electron chi connectivity index (χ2n) is 4.81. The first kappa shape index (κ1) is 14.7. The van der Waals surface area contributed by atoms with E-state index < -0.39 is 0 Å². The van der Waals surface area contributed by atoms with Crippen LogP contribution >= 0.6 is 27.5 Å². The summed E-state index contributed by atoms with van der Waals surface area (Å²) in [6, 6.07) is 6.24. The Kier molecular flexibility index (Phi) is 4.74. The van der Waals surface area contributed by atoms with Crippen molar-refractivity contribution >= 4 is 39.2 Å².